The van der Waals surface area contributed by atoms with Crippen LogP contribution in [-0.4, -0.2) is 54.1 Å². The summed E-state index contributed by atoms with van der Waals surface area (Å²) in [4.78, 5) is 26.3. The number of aromatic nitrogens is 2. The first-order valence-corrected chi connectivity index (χ1v) is 10.7. The van der Waals surface area contributed by atoms with Crippen molar-refractivity contribution in [3.8, 4) is 5.75 Å². The minimum Gasteiger partial charge on any atom is -0.494 e. The molecule has 28 heavy (non-hydrogen) atoms. The number of benzene rings is 2. The first kappa shape index (κ1) is 17.4. The summed E-state index contributed by atoms with van der Waals surface area (Å²) < 4.78 is 7.58. The maximum absolute atomic E-state index is 12.9. The first-order chi connectivity index (χ1) is 13.7. The summed E-state index contributed by atoms with van der Waals surface area (Å²) in [6.45, 7) is 2.86. The van der Waals surface area contributed by atoms with Gasteiger partial charge in [0.05, 0.1) is 22.0 Å². The van der Waals surface area contributed by atoms with Crippen LogP contribution in [0.4, 0.5) is 5.13 Å². The third-order valence-electron chi connectivity index (χ3n) is 4.90. The van der Waals surface area contributed by atoms with Crippen molar-refractivity contribution in [2.45, 2.75) is 0 Å². The smallest absolute Gasteiger partial charge is 0.282 e. The Balaban J connectivity index is 1.31. The fraction of sp³-hybridized carbons (Fsp3) is 0.250. The van der Waals surface area contributed by atoms with Crippen LogP contribution in [0, 0.1) is 0 Å². The van der Waals surface area contributed by atoms with Gasteiger partial charge in [0.1, 0.15) is 11.3 Å². The van der Waals surface area contributed by atoms with Gasteiger partial charge in [0, 0.05) is 26.2 Å². The highest BCUT2D eigenvalue weighted by Gasteiger charge is 2.26. The minimum absolute atomic E-state index is 0.0202. The van der Waals surface area contributed by atoms with E-state index in [0.717, 1.165) is 44.4 Å². The highest BCUT2D eigenvalue weighted by molar-refractivity contribution is 7.22. The molecule has 6 nitrogen and oxygen atoms in total. The molecule has 1 saturated heterocycles. The fourth-order valence-corrected chi connectivity index (χ4v) is 5.38. The van der Waals surface area contributed by atoms with Gasteiger partial charge in [-0.3, -0.25) is 4.79 Å². The van der Waals surface area contributed by atoms with Crippen LogP contribution < -0.4 is 9.64 Å². The van der Waals surface area contributed by atoms with Gasteiger partial charge in [0.2, 0.25) is 0 Å². The second-order valence-corrected chi connectivity index (χ2v) is 8.61. The summed E-state index contributed by atoms with van der Waals surface area (Å²) in [5.41, 5.74) is 1.79. The zero-order chi connectivity index (χ0) is 19.1. The van der Waals surface area contributed by atoms with E-state index in [4.69, 9.17) is 9.72 Å². The van der Waals surface area contributed by atoms with Gasteiger partial charge in [-0.25, -0.2) is 9.97 Å². The van der Waals surface area contributed by atoms with Crippen molar-refractivity contribution in [3.05, 3.63) is 47.5 Å². The van der Waals surface area contributed by atoms with Crippen molar-refractivity contribution in [1.82, 2.24) is 14.9 Å². The lowest BCUT2D eigenvalue weighted by Gasteiger charge is -2.34. The average molecular weight is 411 g/mol. The first-order valence-electron chi connectivity index (χ1n) is 9.06. The second-order valence-electron chi connectivity index (χ2n) is 6.57. The number of ether oxygens (including phenoxy) is 1. The molecule has 0 bridgehead atoms. The SMILES string of the molecule is COc1cccc2sc(N3CCN(C(=O)c4nc5ccccc5s4)CC3)nc12. The Morgan fingerprint density at radius 3 is 2.54 bits per heavy atom. The van der Waals surface area contributed by atoms with Crippen LogP contribution in [0.3, 0.4) is 0 Å². The molecule has 1 fully saturated rings. The predicted octanol–water partition coefficient (Wildman–Crippen LogP) is 3.88. The maximum Gasteiger partial charge on any atom is 0.282 e. The molecule has 0 aliphatic carbocycles. The van der Waals surface area contributed by atoms with Crippen molar-refractivity contribution in [1.29, 1.82) is 0 Å². The molecule has 0 spiro atoms. The number of fused-ring (bicyclic) bond motifs is 2. The Morgan fingerprint density at radius 2 is 1.75 bits per heavy atom. The van der Waals surface area contributed by atoms with E-state index in [1.54, 1.807) is 18.4 Å². The molecule has 1 aliphatic heterocycles. The van der Waals surface area contributed by atoms with Gasteiger partial charge in [-0.1, -0.05) is 29.5 Å². The molecule has 3 heterocycles. The number of methoxy groups -OCH3 is 1. The van der Waals surface area contributed by atoms with E-state index in [-0.39, 0.29) is 5.91 Å². The molecule has 142 valence electrons. The van der Waals surface area contributed by atoms with Crippen molar-refractivity contribution in [2.75, 3.05) is 38.2 Å². The van der Waals surface area contributed by atoms with E-state index < -0.39 is 0 Å². The van der Waals surface area contributed by atoms with Crippen LogP contribution in [0.1, 0.15) is 9.80 Å². The lowest BCUT2D eigenvalue weighted by molar-refractivity contribution is 0.0746. The largest absolute Gasteiger partial charge is 0.494 e. The molecule has 1 aliphatic rings. The Hall–Kier alpha value is -2.71. The Morgan fingerprint density at radius 1 is 0.964 bits per heavy atom. The number of amides is 1. The van der Waals surface area contributed by atoms with Gasteiger partial charge in [0.15, 0.2) is 10.1 Å². The zero-order valence-electron chi connectivity index (χ0n) is 15.3. The van der Waals surface area contributed by atoms with Crippen LogP contribution >= 0.6 is 22.7 Å². The summed E-state index contributed by atoms with van der Waals surface area (Å²) in [5, 5.41) is 1.55. The van der Waals surface area contributed by atoms with E-state index in [1.165, 1.54) is 11.3 Å². The Labute approximate surface area is 170 Å². The summed E-state index contributed by atoms with van der Waals surface area (Å²) in [7, 11) is 1.67. The normalized spacial score (nSPS) is 14.8. The molecule has 2 aromatic carbocycles. The topological polar surface area (TPSA) is 58.6 Å². The van der Waals surface area contributed by atoms with Crippen molar-refractivity contribution >= 4 is 54.1 Å². The van der Waals surface area contributed by atoms with Crippen LogP contribution in [0.25, 0.3) is 20.4 Å². The monoisotopic (exact) mass is 410 g/mol. The molecule has 0 atom stereocenters. The van der Waals surface area contributed by atoms with Gasteiger partial charge in [-0.15, -0.1) is 11.3 Å². The Bertz CT molecular complexity index is 1130. The van der Waals surface area contributed by atoms with E-state index >= 15 is 0 Å². The number of thiazole rings is 2. The molecule has 0 radical (unpaired) electrons. The third-order valence-corrected chi connectivity index (χ3v) is 7.01. The fourth-order valence-electron chi connectivity index (χ4n) is 3.41. The molecule has 4 aromatic rings. The number of hydrogen-bond acceptors (Lipinski definition) is 7. The summed E-state index contributed by atoms with van der Waals surface area (Å²) in [5.74, 6) is 0.816. The second kappa shape index (κ2) is 7.03. The molecule has 2 aromatic heterocycles. The van der Waals surface area contributed by atoms with Crippen LogP contribution in [0.5, 0.6) is 5.75 Å². The molecule has 0 unspecified atom stereocenters. The lowest BCUT2D eigenvalue weighted by atomic mass is 10.3. The standard InChI is InChI=1S/C20H18N4O2S2/c1-26-14-6-4-8-16-17(14)22-20(28-16)24-11-9-23(10-12-24)19(25)18-21-13-5-2-3-7-15(13)27-18/h2-8H,9-12H2,1H3. The highest BCUT2D eigenvalue weighted by atomic mass is 32.1. The number of carbonyl (C=O) groups excluding carboxylic acids is 1. The highest BCUT2D eigenvalue weighted by Crippen LogP contribution is 2.34. The zero-order valence-corrected chi connectivity index (χ0v) is 16.9. The van der Waals surface area contributed by atoms with Crippen LogP contribution in [0.15, 0.2) is 42.5 Å². The maximum atomic E-state index is 12.9. The number of piperazine rings is 1. The summed E-state index contributed by atoms with van der Waals surface area (Å²) in [6.07, 6.45) is 0. The van der Waals surface area contributed by atoms with Gasteiger partial charge >= 0.3 is 0 Å². The number of rotatable bonds is 3. The number of para-hydroxylation sites is 2. The lowest BCUT2D eigenvalue weighted by Crippen LogP contribution is -2.48. The minimum atomic E-state index is 0.0202. The Kier molecular flexibility index (Phi) is 4.37. The number of nitrogens with zero attached hydrogens (tertiary/aromatic N) is 4. The third kappa shape index (κ3) is 2.98. The van der Waals surface area contributed by atoms with Gasteiger partial charge in [0.25, 0.3) is 5.91 Å². The quantitative estimate of drug-likeness (QED) is 0.513. The van der Waals surface area contributed by atoms with Gasteiger partial charge in [-0.05, 0) is 24.3 Å². The summed E-state index contributed by atoms with van der Waals surface area (Å²) in [6, 6.07) is 13.8. The van der Waals surface area contributed by atoms with Crippen LogP contribution in [-0.2, 0) is 0 Å². The number of hydrogen-bond donors (Lipinski definition) is 0. The number of carbonyl (C=O) groups is 1. The molecule has 1 amide bonds. The van der Waals surface area contributed by atoms with Crippen molar-refractivity contribution in [2.24, 2.45) is 0 Å². The molecule has 5 rings (SSSR count). The molecule has 8 heteroatoms. The molecular formula is C20H18N4O2S2. The van der Waals surface area contributed by atoms with Gasteiger partial charge in [-0.2, -0.15) is 0 Å². The van der Waals surface area contributed by atoms with Crippen LogP contribution in [0.2, 0.25) is 0 Å². The summed E-state index contributed by atoms with van der Waals surface area (Å²) >= 11 is 3.13. The van der Waals surface area contributed by atoms with E-state index in [9.17, 15) is 4.79 Å². The molecular weight excluding hydrogens is 392 g/mol. The van der Waals surface area contributed by atoms with Crippen molar-refractivity contribution < 1.29 is 9.53 Å². The predicted molar refractivity (Wildman–Crippen MR) is 114 cm³/mol. The molecule has 0 saturated carbocycles. The number of anilines is 1. The van der Waals surface area contributed by atoms with Crippen molar-refractivity contribution in [3.63, 3.8) is 0 Å². The average Bonchev–Trinajstić information content (AvgIpc) is 3.37. The van der Waals surface area contributed by atoms with E-state index in [0.29, 0.717) is 18.1 Å². The van der Waals surface area contributed by atoms with E-state index in [2.05, 4.69) is 16.0 Å². The van der Waals surface area contributed by atoms with Gasteiger partial charge < -0.3 is 14.5 Å². The molecule has 0 N–H and O–H groups in total. The van der Waals surface area contributed by atoms with E-state index in [1.807, 2.05) is 41.3 Å².